The zero-order chi connectivity index (χ0) is 22.9. The van der Waals surface area contributed by atoms with Gasteiger partial charge in [0.1, 0.15) is 5.75 Å². The van der Waals surface area contributed by atoms with Gasteiger partial charge in [0.05, 0.1) is 24.4 Å². The van der Waals surface area contributed by atoms with Gasteiger partial charge in [-0.05, 0) is 69.0 Å². The third-order valence-corrected chi connectivity index (χ3v) is 7.02. The van der Waals surface area contributed by atoms with Crippen LogP contribution < -0.4 is 10.1 Å². The molecule has 1 saturated carbocycles. The van der Waals surface area contributed by atoms with Crippen molar-refractivity contribution in [3.63, 3.8) is 0 Å². The summed E-state index contributed by atoms with van der Waals surface area (Å²) in [6.07, 6.45) is 10.6. The first-order valence-electron chi connectivity index (χ1n) is 12.9. The molecule has 1 aromatic carbocycles. The predicted molar refractivity (Wildman–Crippen MR) is 133 cm³/mol. The summed E-state index contributed by atoms with van der Waals surface area (Å²) in [5.74, 6) is 1.77. The van der Waals surface area contributed by atoms with E-state index >= 15 is 0 Å². The molecule has 2 fully saturated rings. The molecular formula is C28H39N3O2. The van der Waals surface area contributed by atoms with Crippen LogP contribution >= 0.6 is 0 Å². The maximum absolute atomic E-state index is 12.6. The molecular weight excluding hydrogens is 410 g/mol. The number of nitrogens with one attached hydrogen (secondary N) is 1. The zero-order valence-corrected chi connectivity index (χ0v) is 20.2. The fourth-order valence-corrected chi connectivity index (χ4v) is 5.20. The van der Waals surface area contributed by atoms with Crippen LogP contribution in [0.5, 0.6) is 5.75 Å². The Kier molecular flexibility index (Phi) is 8.76. The zero-order valence-electron chi connectivity index (χ0n) is 20.2. The fraction of sp³-hybridized carbons (Fsp3) is 0.571. The minimum Gasteiger partial charge on any atom is -0.494 e. The average Bonchev–Trinajstić information content (AvgIpc) is 3.34. The summed E-state index contributed by atoms with van der Waals surface area (Å²) in [5.41, 5.74) is 4.21. The van der Waals surface area contributed by atoms with Crippen LogP contribution in [0.4, 0.5) is 0 Å². The average molecular weight is 450 g/mol. The SMILES string of the molecule is CCOc1ccc(-c2ccc(CC(=O)NCCC3CCCC3)nc2CN2CCCCC2)cc1. The molecule has 1 N–H and O–H groups in total. The van der Waals surface area contributed by atoms with Crippen molar-refractivity contribution >= 4 is 5.91 Å². The van der Waals surface area contributed by atoms with E-state index in [0.29, 0.717) is 13.0 Å². The molecule has 2 heterocycles. The summed E-state index contributed by atoms with van der Waals surface area (Å²) in [4.78, 5) is 20.1. The van der Waals surface area contributed by atoms with Crippen LogP contribution in [0.15, 0.2) is 36.4 Å². The Bertz CT molecular complexity index is 885. The van der Waals surface area contributed by atoms with E-state index in [-0.39, 0.29) is 5.91 Å². The Hall–Kier alpha value is -2.40. The number of piperidine rings is 1. The highest BCUT2D eigenvalue weighted by Crippen LogP contribution is 2.28. The minimum atomic E-state index is 0.0817. The standard InChI is InChI=1S/C28H39N3O2/c1-2-33-25-13-10-23(11-14-25)26-15-12-24(30-27(26)21-31-18-6-3-7-19-31)20-28(32)29-17-16-22-8-4-5-9-22/h10-15,22H,2-9,16-21H2,1H3,(H,29,32). The molecule has 0 spiro atoms. The van der Waals surface area contributed by atoms with Crippen molar-refractivity contribution in [2.24, 2.45) is 5.92 Å². The highest BCUT2D eigenvalue weighted by molar-refractivity contribution is 5.78. The number of rotatable bonds is 10. The van der Waals surface area contributed by atoms with Gasteiger partial charge in [-0.1, -0.05) is 50.3 Å². The lowest BCUT2D eigenvalue weighted by molar-refractivity contribution is -0.120. The molecule has 1 aromatic heterocycles. The Morgan fingerprint density at radius 3 is 2.52 bits per heavy atom. The number of likely N-dealkylation sites (tertiary alicyclic amines) is 1. The topological polar surface area (TPSA) is 54.5 Å². The molecule has 33 heavy (non-hydrogen) atoms. The van der Waals surface area contributed by atoms with Crippen LogP contribution in [-0.4, -0.2) is 42.0 Å². The van der Waals surface area contributed by atoms with E-state index in [0.717, 1.165) is 66.8 Å². The molecule has 2 aromatic rings. The molecule has 1 amide bonds. The molecule has 0 radical (unpaired) electrons. The van der Waals surface area contributed by atoms with Crippen molar-refractivity contribution in [2.75, 3.05) is 26.2 Å². The van der Waals surface area contributed by atoms with Gasteiger partial charge < -0.3 is 10.1 Å². The van der Waals surface area contributed by atoms with Gasteiger partial charge in [-0.15, -0.1) is 0 Å². The smallest absolute Gasteiger partial charge is 0.226 e. The van der Waals surface area contributed by atoms with Crippen molar-refractivity contribution in [3.05, 3.63) is 47.8 Å². The van der Waals surface area contributed by atoms with Crippen molar-refractivity contribution < 1.29 is 9.53 Å². The third-order valence-electron chi connectivity index (χ3n) is 7.02. The Labute approximate surface area is 198 Å². The van der Waals surface area contributed by atoms with Crippen molar-refractivity contribution in [1.82, 2.24) is 15.2 Å². The number of carbonyl (C=O) groups excluding carboxylic acids is 1. The van der Waals surface area contributed by atoms with Crippen molar-refractivity contribution in [1.29, 1.82) is 0 Å². The van der Waals surface area contributed by atoms with Gasteiger partial charge in [0, 0.05) is 18.7 Å². The molecule has 0 unspecified atom stereocenters. The van der Waals surface area contributed by atoms with Crippen molar-refractivity contribution in [3.8, 4) is 16.9 Å². The number of aromatic nitrogens is 1. The van der Waals surface area contributed by atoms with E-state index in [1.54, 1.807) is 0 Å². The highest BCUT2D eigenvalue weighted by atomic mass is 16.5. The number of hydrogen-bond acceptors (Lipinski definition) is 4. The van der Waals surface area contributed by atoms with Crippen LogP contribution in [0.25, 0.3) is 11.1 Å². The minimum absolute atomic E-state index is 0.0817. The number of benzene rings is 1. The van der Waals surface area contributed by atoms with E-state index in [2.05, 4.69) is 28.4 Å². The van der Waals surface area contributed by atoms with Gasteiger partial charge in [0.15, 0.2) is 0 Å². The Balaban J connectivity index is 1.44. The fourth-order valence-electron chi connectivity index (χ4n) is 5.20. The summed E-state index contributed by atoms with van der Waals surface area (Å²) in [6, 6.07) is 12.4. The van der Waals surface area contributed by atoms with Gasteiger partial charge in [0.2, 0.25) is 5.91 Å². The molecule has 0 bridgehead atoms. The van der Waals surface area contributed by atoms with Crippen LogP contribution in [-0.2, 0) is 17.8 Å². The molecule has 2 aliphatic rings. The van der Waals surface area contributed by atoms with E-state index in [1.807, 2.05) is 25.1 Å². The van der Waals surface area contributed by atoms with Crippen LogP contribution in [0.1, 0.15) is 69.7 Å². The van der Waals surface area contributed by atoms with Crippen molar-refractivity contribution in [2.45, 2.75) is 71.3 Å². The largest absolute Gasteiger partial charge is 0.494 e. The number of carbonyl (C=O) groups is 1. The molecule has 5 heteroatoms. The summed E-state index contributed by atoms with van der Waals surface area (Å²) in [7, 11) is 0. The first-order chi connectivity index (χ1) is 16.2. The summed E-state index contributed by atoms with van der Waals surface area (Å²) in [6.45, 7) is 6.53. The molecule has 1 saturated heterocycles. The lowest BCUT2D eigenvalue weighted by atomic mass is 10.0. The summed E-state index contributed by atoms with van der Waals surface area (Å²) >= 11 is 0. The molecule has 1 aliphatic heterocycles. The number of amides is 1. The lowest BCUT2D eigenvalue weighted by Crippen LogP contribution is -2.30. The van der Waals surface area contributed by atoms with Gasteiger partial charge in [-0.3, -0.25) is 14.7 Å². The quantitative estimate of drug-likeness (QED) is 0.530. The predicted octanol–water partition coefficient (Wildman–Crippen LogP) is 5.37. The summed E-state index contributed by atoms with van der Waals surface area (Å²) < 4.78 is 5.61. The summed E-state index contributed by atoms with van der Waals surface area (Å²) in [5, 5.41) is 3.12. The van der Waals surface area contributed by atoms with Crippen LogP contribution in [0.2, 0.25) is 0 Å². The highest BCUT2D eigenvalue weighted by Gasteiger charge is 2.17. The third kappa shape index (κ3) is 7.04. The van der Waals surface area contributed by atoms with Gasteiger partial charge in [-0.25, -0.2) is 0 Å². The number of ether oxygens (including phenoxy) is 1. The molecule has 1 aliphatic carbocycles. The Morgan fingerprint density at radius 1 is 1.03 bits per heavy atom. The molecule has 4 rings (SSSR count). The lowest BCUT2D eigenvalue weighted by Gasteiger charge is -2.27. The maximum Gasteiger partial charge on any atom is 0.226 e. The first kappa shape index (κ1) is 23.7. The second kappa shape index (κ2) is 12.2. The molecule has 5 nitrogen and oxygen atoms in total. The monoisotopic (exact) mass is 449 g/mol. The maximum atomic E-state index is 12.6. The van der Waals surface area contributed by atoms with Crippen LogP contribution in [0, 0.1) is 5.92 Å². The Morgan fingerprint density at radius 2 is 1.79 bits per heavy atom. The first-order valence-corrected chi connectivity index (χ1v) is 12.9. The normalized spacial score (nSPS) is 17.2. The second-order valence-electron chi connectivity index (χ2n) is 9.56. The second-order valence-corrected chi connectivity index (χ2v) is 9.56. The van der Waals surface area contributed by atoms with Crippen LogP contribution in [0.3, 0.4) is 0 Å². The molecule has 0 atom stereocenters. The van der Waals surface area contributed by atoms with E-state index in [4.69, 9.17) is 9.72 Å². The van der Waals surface area contributed by atoms with Gasteiger partial charge >= 0.3 is 0 Å². The van der Waals surface area contributed by atoms with E-state index in [9.17, 15) is 4.79 Å². The number of pyridine rings is 1. The molecule has 178 valence electrons. The van der Waals surface area contributed by atoms with E-state index < -0.39 is 0 Å². The number of nitrogens with zero attached hydrogens (tertiary/aromatic N) is 2. The van der Waals surface area contributed by atoms with Gasteiger partial charge in [0.25, 0.3) is 0 Å². The van der Waals surface area contributed by atoms with E-state index in [1.165, 1.54) is 44.9 Å². The van der Waals surface area contributed by atoms with Gasteiger partial charge in [-0.2, -0.15) is 0 Å². The number of hydrogen-bond donors (Lipinski definition) is 1.